The van der Waals surface area contributed by atoms with Crippen LogP contribution in [0.2, 0.25) is 0 Å². The molecule has 4 heteroatoms. The van der Waals surface area contributed by atoms with Crippen LogP contribution in [0.1, 0.15) is 37.7 Å². The van der Waals surface area contributed by atoms with Crippen molar-refractivity contribution in [3.8, 4) is 0 Å². The van der Waals surface area contributed by atoms with Crippen molar-refractivity contribution in [3.05, 3.63) is 18.1 Å². The van der Waals surface area contributed by atoms with Gasteiger partial charge >= 0.3 is 0 Å². The van der Waals surface area contributed by atoms with Gasteiger partial charge in [-0.3, -0.25) is 0 Å². The number of hydrogen-bond donors (Lipinski definition) is 1. The van der Waals surface area contributed by atoms with Crippen molar-refractivity contribution in [3.63, 3.8) is 0 Å². The van der Waals surface area contributed by atoms with Crippen molar-refractivity contribution >= 4 is 16.9 Å². The first-order valence-corrected chi connectivity index (χ1v) is 6.34. The van der Waals surface area contributed by atoms with Crippen molar-refractivity contribution in [1.82, 2.24) is 15.0 Å². The highest BCUT2D eigenvalue weighted by Crippen LogP contribution is 2.42. The van der Waals surface area contributed by atoms with E-state index in [0.717, 1.165) is 17.7 Å². The van der Waals surface area contributed by atoms with Crippen LogP contribution in [0.4, 0.5) is 5.69 Å². The maximum absolute atomic E-state index is 4.45. The number of nitrogens with zero attached hydrogens (tertiary/aromatic N) is 3. The lowest BCUT2D eigenvalue weighted by atomic mass is 9.80. The zero-order chi connectivity index (χ0) is 11.8. The molecule has 17 heavy (non-hydrogen) atoms. The normalized spacial score (nSPS) is 16.1. The Labute approximate surface area is 101 Å². The fourth-order valence-electron chi connectivity index (χ4n) is 2.48. The van der Waals surface area contributed by atoms with Crippen molar-refractivity contribution in [2.45, 2.75) is 32.1 Å². The molecule has 1 saturated carbocycles. The number of aromatic amines is 1. The lowest BCUT2D eigenvalue weighted by molar-refractivity contribution is 0.419. The molecule has 0 aromatic carbocycles. The number of nitrogens with one attached hydrogen (secondary N) is 1. The molecule has 2 aromatic rings. The van der Waals surface area contributed by atoms with Crippen LogP contribution in [0.25, 0.3) is 11.2 Å². The van der Waals surface area contributed by atoms with Gasteiger partial charge in [-0.05, 0) is 31.2 Å². The Morgan fingerprint density at radius 1 is 1.41 bits per heavy atom. The van der Waals surface area contributed by atoms with Gasteiger partial charge in [-0.1, -0.05) is 6.42 Å². The van der Waals surface area contributed by atoms with Crippen molar-refractivity contribution < 1.29 is 0 Å². The molecule has 0 atom stereocenters. The summed E-state index contributed by atoms with van der Waals surface area (Å²) in [6, 6.07) is 0. The summed E-state index contributed by atoms with van der Waals surface area (Å²) < 4.78 is 0. The average Bonchev–Trinajstić information content (AvgIpc) is 2.73. The lowest BCUT2D eigenvalue weighted by Crippen LogP contribution is -2.21. The first-order chi connectivity index (χ1) is 8.31. The van der Waals surface area contributed by atoms with Gasteiger partial charge in [0.2, 0.25) is 0 Å². The van der Waals surface area contributed by atoms with Crippen LogP contribution in [0.5, 0.6) is 0 Å². The second kappa shape index (κ2) is 4.02. The minimum Gasteiger partial charge on any atom is -0.373 e. The minimum absolute atomic E-state index is 0.694. The largest absolute Gasteiger partial charge is 0.373 e. The molecule has 1 N–H and O–H groups in total. The fraction of sp³-hybridized carbons (Fsp3) is 0.538. The maximum Gasteiger partial charge on any atom is 0.179 e. The van der Waals surface area contributed by atoms with Gasteiger partial charge in [0, 0.05) is 19.8 Å². The molecule has 0 amide bonds. The van der Waals surface area contributed by atoms with E-state index in [2.05, 4.69) is 33.8 Å². The predicted molar refractivity (Wildman–Crippen MR) is 69.4 cm³/mol. The minimum atomic E-state index is 0.694. The maximum atomic E-state index is 4.45. The van der Waals surface area contributed by atoms with E-state index in [-0.39, 0.29) is 0 Å². The van der Waals surface area contributed by atoms with Gasteiger partial charge in [0.25, 0.3) is 0 Å². The Kier molecular flexibility index (Phi) is 2.50. The number of fused-ring (bicyclic) bond motifs is 1. The standard InChI is InChI=1S/C13H18N4/c1-3-17(2)12-10(9-5-4-6-9)7-14-13-11(12)15-8-16-13/h7-9H,3-6H2,1-2H3,(H,14,15,16). The van der Waals surface area contributed by atoms with Gasteiger partial charge in [-0.25, -0.2) is 9.97 Å². The topological polar surface area (TPSA) is 44.8 Å². The summed E-state index contributed by atoms with van der Waals surface area (Å²) >= 11 is 0. The lowest BCUT2D eigenvalue weighted by Gasteiger charge is -2.30. The van der Waals surface area contributed by atoms with Crippen molar-refractivity contribution in [2.24, 2.45) is 0 Å². The van der Waals surface area contributed by atoms with E-state index in [1.807, 2.05) is 6.20 Å². The van der Waals surface area contributed by atoms with E-state index < -0.39 is 0 Å². The summed E-state index contributed by atoms with van der Waals surface area (Å²) in [6.07, 6.45) is 7.70. The second-order valence-electron chi connectivity index (χ2n) is 4.81. The van der Waals surface area contributed by atoms with E-state index in [9.17, 15) is 0 Å². The fourth-order valence-corrected chi connectivity index (χ4v) is 2.48. The number of imidazole rings is 1. The van der Waals surface area contributed by atoms with Gasteiger partial charge < -0.3 is 9.88 Å². The number of aromatic nitrogens is 3. The molecule has 90 valence electrons. The van der Waals surface area contributed by atoms with E-state index in [1.165, 1.54) is 30.5 Å². The molecule has 0 saturated heterocycles. The Morgan fingerprint density at radius 3 is 2.88 bits per heavy atom. The van der Waals surface area contributed by atoms with Crippen LogP contribution in [0.15, 0.2) is 12.5 Å². The summed E-state index contributed by atoms with van der Waals surface area (Å²) in [7, 11) is 2.14. The predicted octanol–water partition coefficient (Wildman–Crippen LogP) is 2.68. The first-order valence-electron chi connectivity index (χ1n) is 6.34. The zero-order valence-electron chi connectivity index (χ0n) is 10.4. The highest BCUT2D eigenvalue weighted by atomic mass is 15.1. The van der Waals surface area contributed by atoms with E-state index >= 15 is 0 Å². The van der Waals surface area contributed by atoms with Crippen LogP contribution in [0, 0.1) is 0 Å². The number of pyridine rings is 1. The Morgan fingerprint density at radius 2 is 2.24 bits per heavy atom. The van der Waals surface area contributed by atoms with Crippen LogP contribution in [0.3, 0.4) is 0 Å². The molecule has 0 bridgehead atoms. The third-order valence-electron chi connectivity index (χ3n) is 3.86. The molecule has 4 nitrogen and oxygen atoms in total. The molecule has 2 aromatic heterocycles. The van der Waals surface area contributed by atoms with Gasteiger partial charge in [-0.15, -0.1) is 0 Å². The Balaban J connectivity index is 2.18. The highest BCUT2D eigenvalue weighted by molar-refractivity contribution is 5.88. The van der Waals surface area contributed by atoms with Gasteiger partial charge in [0.15, 0.2) is 5.65 Å². The molecule has 0 radical (unpaired) electrons. The smallest absolute Gasteiger partial charge is 0.179 e. The van der Waals surface area contributed by atoms with Gasteiger partial charge in [0.05, 0.1) is 12.0 Å². The molecule has 0 unspecified atom stereocenters. The Hall–Kier alpha value is -1.58. The van der Waals surface area contributed by atoms with Crippen molar-refractivity contribution in [1.29, 1.82) is 0 Å². The number of hydrogen-bond acceptors (Lipinski definition) is 3. The molecule has 1 aliphatic rings. The zero-order valence-corrected chi connectivity index (χ0v) is 10.4. The van der Waals surface area contributed by atoms with E-state index in [1.54, 1.807) is 6.33 Å². The SMILES string of the molecule is CCN(C)c1c(C2CCC2)cnc2nc[nH]c12. The number of H-pyrrole nitrogens is 1. The van der Waals surface area contributed by atoms with E-state index in [4.69, 9.17) is 0 Å². The molecular formula is C13H18N4. The molecule has 3 rings (SSSR count). The van der Waals surface area contributed by atoms with E-state index in [0.29, 0.717) is 5.92 Å². The number of anilines is 1. The van der Waals surface area contributed by atoms with Crippen LogP contribution >= 0.6 is 0 Å². The van der Waals surface area contributed by atoms with Crippen LogP contribution < -0.4 is 4.90 Å². The average molecular weight is 230 g/mol. The molecule has 1 aliphatic carbocycles. The summed E-state index contributed by atoms with van der Waals surface area (Å²) in [5.41, 5.74) is 4.58. The second-order valence-corrected chi connectivity index (χ2v) is 4.81. The third-order valence-corrected chi connectivity index (χ3v) is 3.86. The number of rotatable bonds is 3. The summed E-state index contributed by atoms with van der Waals surface area (Å²) in [4.78, 5) is 14.2. The molecule has 0 spiro atoms. The Bertz CT molecular complexity index is 527. The summed E-state index contributed by atoms with van der Waals surface area (Å²) in [5, 5.41) is 0. The van der Waals surface area contributed by atoms with Crippen LogP contribution in [-0.2, 0) is 0 Å². The summed E-state index contributed by atoms with van der Waals surface area (Å²) in [5.74, 6) is 0.694. The quantitative estimate of drug-likeness (QED) is 0.881. The monoisotopic (exact) mass is 230 g/mol. The molecule has 1 fully saturated rings. The van der Waals surface area contributed by atoms with Crippen molar-refractivity contribution in [2.75, 3.05) is 18.5 Å². The van der Waals surface area contributed by atoms with Gasteiger partial charge in [0.1, 0.15) is 5.52 Å². The molecule has 2 heterocycles. The third kappa shape index (κ3) is 1.59. The van der Waals surface area contributed by atoms with Crippen LogP contribution in [-0.4, -0.2) is 28.5 Å². The highest BCUT2D eigenvalue weighted by Gasteiger charge is 2.25. The summed E-state index contributed by atoms with van der Waals surface area (Å²) in [6.45, 7) is 3.17. The molecule has 0 aliphatic heterocycles. The first kappa shape index (κ1) is 10.6. The van der Waals surface area contributed by atoms with Gasteiger partial charge in [-0.2, -0.15) is 0 Å². The molecular weight excluding hydrogens is 212 g/mol.